The Hall–Kier alpha value is -1.70. The second kappa shape index (κ2) is 5.30. The van der Waals surface area contributed by atoms with Crippen LogP contribution in [0.1, 0.15) is 6.42 Å². The molecule has 0 aromatic heterocycles. The van der Waals surface area contributed by atoms with Gasteiger partial charge in [-0.1, -0.05) is 0 Å². The molecule has 0 aliphatic carbocycles. The van der Waals surface area contributed by atoms with Gasteiger partial charge in [-0.2, -0.15) is 0 Å². The minimum Gasteiger partial charge on any atom is -0.465 e. The molecule has 3 atom stereocenters. The van der Waals surface area contributed by atoms with Gasteiger partial charge in [0.05, 0.1) is 17.6 Å². The van der Waals surface area contributed by atoms with Crippen LogP contribution in [0, 0.1) is 10.1 Å². The van der Waals surface area contributed by atoms with E-state index in [1.54, 1.807) is 0 Å². The van der Waals surface area contributed by atoms with Crippen LogP contribution in [0.5, 0.6) is 5.75 Å². The summed E-state index contributed by atoms with van der Waals surface area (Å²) < 4.78 is 10.6. The SMILES string of the molecule is O=[N+]([O-])c1ccc(O[C@H]2C[C@@H](O)[C@@H](O)CO2)cc1. The van der Waals surface area contributed by atoms with Crippen LogP contribution in [0.2, 0.25) is 0 Å². The highest BCUT2D eigenvalue weighted by atomic mass is 16.7. The zero-order valence-corrected chi connectivity index (χ0v) is 9.43. The molecule has 1 aromatic rings. The molecule has 2 rings (SSSR count). The number of hydrogen-bond acceptors (Lipinski definition) is 6. The summed E-state index contributed by atoms with van der Waals surface area (Å²) in [5, 5.41) is 29.2. The van der Waals surface area contributed by atoms with Crippen molar-refractivity contribution in [2.45, 2.75) is 24.9 Å². The molecule has 2 N–H and O–H groups in total. The van der Waals surface area contributed by atoms with Gasteiger partial charge in [0.15, 0.2) is 0 Å². The van der Waals surface area contributed by atoms with Crippen molar-refractivity contribution in [1.29, 1.82) is 0 Å². The second-order valence-electron chi connectivity index (χ2n) is 4.00. The van der Waals surface area contributed by atoms with E-state index in [4.69, 9.17) is 9.47 Å². The maximum Gasteiger partial charge on any atom is 0.269 e. The molecule has 0 bridgehead atoms. The van der Waals surface area contributed by atoms with Crippen molar-refractivity contribution in [3.8, 4) is 5.75 Å². The van der Waals surface area contributed by atoms with E-state index in [2.05, 4.69) is 0 Å². The lowest BCUT2D eigenvalue weighted by molar-refractivity contribution is -0.384. The van der Waals surface area contributed by atoms with Crippen LogP contribution in [0.15, 0.2) is 24.3 Å². The Labute approximate surface area is 103 Å². The van der Waals surface area contributed by atoms with E-state index in [1.165, 1.54) is 24.3 Å². The smallest absolute Gasteiger partial charge is 0.269 e. The molecule has 1 aromatic carbocycles. The fraction of sp³-hybridized carbons (Fsp3) is 0.455. The Morgan fingerprint density at radius 2 is 1.94 bits per heavy atom. The summed E-state index contributed by atoms with van der Waals surface area (Å²) in [4.78, 5) is 9.96. The van der Waals surface area contributed by atoms with Crippen LogP contribution in [0.25, 0.3) is 0 Å². The Kier molecular flexibility index (Phi) is 3.75. The summed E-state index contributed by atoms with van der Waals surface area (Å²) in [7, 11) is 0. The second-order valence-corrected chi connectivity index (χ2v) is 4.00. The highest BCUT2D eigenvalue weighted by Gasteiger charge is 2.29. The molecule has 18 heavy (non-hydrogen) atoms. The van der Waals surface area contributed by atoms with E-state index in [1.807, 2.05) is 0 Å². The fourth-order valence-electron chi connectivity index (χ4n) is 1.62. The Morgan fingerprint density at radius 3 is 2.50 bits per heavy atom. The van der Waals surface area contributed by atoms with Gasteiger partial charge in [-0.05, 0) is 12.1 Å². The molecule has 7 nitrogen and oxygen atoms in total. The Morgan fingerprint density at radius 1 is 1.28 bits per heavy atom. The quantitative estimate of drug-likeness (QED) is 0.600. The fourth-order valence-corrected chi connectivity index (χ4v) is 1.62. The molecule has 0 saturated carbocycles. The maximum absolute atomic E-state index is 10.5. The maximum atomic E-state index is 10.5. The van der Waals surface area contributed by atoms with Crippen LogP contribution in [-0.4, -0.2) is 40.2 Å². The van der Waals surface area contributed by atoms with Crippen molar-refractivity contribution in [2.75, 3.05) is 6.61 Å². The molecule has 1 saturated heterocycles. The lowest BCUT2D eigenvalue weighted by atomic mass is 10.1. The molecule has 7 heteroatoms. The van der Waals surface area contributed by atoms with Crippen molar-refractivity contribution in [3.05, 3.63) is 34.4 Å². The molecule has 1 heterocycles. The number of aliphatic hydroxyl groups excluding tert-OH is 2. The van der Waals surface area contributed by atoms with Crippen molar-refractivity contribution in [2.24, 2.45) is 0 Å². The number of nitro benzene ring substituents is 1. The first kappa shape index (κ1) is 12.7. The van der Waals surface area contributed by atoms with Crippen LogP contribution in [0.4, 0.5) is 5.69 Å². The monoisotopic (exact) mass is 255 g/mol. The van der Waals surface area contributed by atoms with E-state index < -0.39 is 23.4 Å². The van der Waals surface area contributed by atoms with Crippen molar-refractivity contribution < 1.29 is 24.6 Å². The number of non-ortho nitro benzene ring substituents is 1. The zero-order valence-electron chi connectivity index (χ0n) is 9.43. The molecule has 0 unspecified atom stereocenters. The molecule has 0 spiro atoms. The lowest BCUT2D eigenvalue weighted by Gasteiger charge is -2.30. The topological polar surface area (TPSA) is 102 Å². The number of aliphatic hydroxyl groups is 2. The van der Waals surface area contributed by atoms with Gasteiger partial charge in [0.25, 0.3) is 5.69 Å². The number of benzene rings is 1. The Bertz CT molecular complexity index is 420. The highest BCUT2D eigenvalue weighted by Crippen LogP contribution is 2.22. The molecular weight excluding hydrogens is 242 g/mol. The van der Waals surface area contributed by atoms with Gasteiger partial charge in [-0.3, -0.25) is 10.1 Å². The van der Waals surface area contributed by atoms with Crippen molar-refractivity contribution in [1.82, 2.24) is 0 Å². The van der Waals surface area contributed by atoms with Crippen LogP contribution < -0.4 is 4.74 Å². The molecule has 0 amide bonds. The predicted molar refractivity (Wildman–Crippen MR) is 60.1 cm³/mol. The summed E-state index contributed by atoms with van der Waals surface area (Å²) >= 11 is 0. The summed E-state index contributed by atoms with van der Waals surface area (Å²) in [6, 6.07) is 5.56. The van der Waals surface area contributed by atoms with E-state index in [9.17, 15) is 20.3 Å². The molecule has 98 valence electrons. The van der Waals surface area contributed by atoms with Crippen LogP contribution in [-0.2, 0) is 4.74 Å². The first-order chi connectivity index (χ1) is 8.56. The van der Waals surface area contributed by atoms with Gasteiger partial charge in [0, 0.05) is 18.6 Å². The van der Waals surface area contributed by atoms with Crippen molar-refractivity contribution >= 4 is 5.69 Å². The van der Waals surface area contributed by atoms with E-state index >= 15 is 0 Å². The Balaban J connectivity index is 1.95. The number of rotatable bonds is 3. The van der Waals surface area contributed by atoms with Crippen LogP contribution >= 0.6 is 0 Å². The largest absolute Gasteiger partial charge is 0.465 e. The molecular formula is C11H13NO6. The third kappa shape index (κ3) is 2.95. The van der Waals surface area contributed by atoms with E-state index in [0.29, 0.717) is 5.75 Å². The predicted octanol–water partition coefficient (Wildman–Crippen LogP) is 0.442. The number of ether oxygens (including phenoxy) is 2. The van der Waals surface area contributed by atoms with Gasteiger partial charge >= 0.3 is 0 Å². The third-order valence-corrected chi connectivity index (χ3v) is 2.65. The normalized spacial score (nSPS) is 27.8. The first-order valence-corrected chi connectivity index (χ1v) is 5.45. The first-order valence-electron chi connectivity index (χ1n) is 5.45. The number of nitrogens with zero attached hydrogens (tertiary/aromatic N) is 1. The highest BCUT2D eigenvalue weighted by molar-refractivity contribution is 5.36. The number of hydrogen-bond donors (Lipinski definition) is 2. The van der Waals surface area contributed by atoms with Gasteiger partial charge in [-0.25, -0.2) is 0 Å². The van der Waals surface area contributed by atoms with Gasteiger partial charge in [0.2, 0.25) is 6.29 Å². The summed E-state index contributed by atoms with van der Waals surface area (Å²) in [5.41, 5.74) is -0.0256. The van der Waals surface area contributed by atoms with E-state index in [-0.39, 0.29) is 18.7 Å². The molecule has 1 fully saturated rings. The third-order valence-electron chi connectivity index (χ3n) is 2.65. The average Bonchev–Trinajstić information content (AvgIpc) is 2.34. The number of nitro groups is 1. The molecule has 0 radical (unpaired) electrons. The van der Waals surface area contributed by atoms with Crippen molar-refractivity contribution in [3.63, 3.8) is 0 Å². The standard InChI is InChI=1S/C11H13NO6/c13-9-5-11(17-6-10(9)14)18-8-3-1-7(2-4-8)12(15)16/h1-4,9-11,13-14H,5-6H2/t9-,10+,11+/m1/s1. The van der Waals surface area contributed by atoms with Gasteiger partial charge in [0.1, 0.15) is 11.9 Å². The van der Waals surface area contributed by atoms with Gasteiger partial charge in [-0.15, -0.1) is 0 Å². The zero-order chi connectivity index (χ0) is 13.1. The summed E-state index contributed by atoms with van der Waals surface area (Å²) in [5.74, 6) is 0.411. The van der Waals surface area contributed by atoms with Gasteiger partial charge < -0.3 is 19.7 Å². The van der Waals surface area contributed by atoms with Crippen LogP contribution in [0.3, 0.4) is 0 Å². The average molecular weight is 255 g/mol. The minimum atomic E-state index is -0.901. The lowest BCUT2D eigenvalue weighted by Crippen LogP contribution is -2.43. The van der Waals surface area contributed by atoms with E-state index in [0.717, 1.165) is 0 Å². The minimum absolute atomic E-state index is 0.00118. The molecule has 1 aliphatic heterocycles. The summed E-state index contributed by atoms with van der Waals surface area (Å²) in [6.45, 7) is -0.00118. The summed E-state index contributed by atoms with van der Waals surface area (Å²) in [6.07, 6.45) is -2.30. The molecule has 1 aliphatic rings.